The predicted octanol–water partition coefficient (Wildman–Crippen LogP) is 4.42. The second-order valence-electron chi connectivity index (χ2n) is 5.68. The molecular formula is C18H18N2O3. The van der Waals surface area contributed by atoms with Crippen LogP contribution in [0.3, 0.4) is 0 Å². The molecule has 0 saturated carbocycles. The maximum Gasteiger partial charge on any atom is 0.222 e. The summed E-state index contributed by atoms with van der Waals surface area (Å²) in [5, 5.41) is 14.1. The van der Waals surface area contributed by atoms with Crippen molar-refractivity contribution in [2.75, 3.05) is 7.11 Å². The summed E-state index contributed by atoms with van der Waals surface area (Å²) in [6.07, 6.45) is 0. The van der Waals surface area contributed by atoms with E-state index in [2.05, 4.69) is 5.18 Å². The molecule has 0 spiro atoms. The van der Waals surface area contributed by atoms with Crippen LogP contribution in [0.2, 0.25) is 0 Å². The van der Waals surface area contributed by atoms with Crippen molar-refractivity contribution in [2.45, 2.75) is 20.4 Å². The van der Waals surface area contributed by atoms with Crippen LogP contribution in [0.25, 0.3) is 10.9 Å². The SMILES string of the molecule is COc1ccc(Cn2c(O)c(N=O)c3cc(C)cc(C)c32)cc1. The van der Waals surface area contributed by atoms with Crippen molar-refractivity contribution in [3.8, 4) is 11.6 Å². The lowest BCUT2D eigenvalue weighted by Gasteiger charge is -2.10. The lowest BCUT2D eigenvalue weighted by Crippen LogP contribution is -2.00. The minimum absolute atomic E-state index is 0.0975. The van der Waals surface area contributed by atoms with E-state index in [1.807, 2.05) is 50.2 Å². The van der Waals surface area contributed by atoms with Gasteiger partial charge in [-0.3, -0.25) is 0 Å². The normalized spacial score (nSPS) is 10.9. The van der Waals surface area contributed by atoms with Gasteiger partial charge in [0.1, 0.15) is 5.75 Å². The summed E-state index contributed by atoms with van der Waals surface area (Å²) in [7, 11) is 1.62. The molecule has 0 fully saturated rings. The first-order valence-electron chi connectivity index (χ1n) is 7.34. The number of fused-ring (bicyclic) bond motifs is 1. The number of nitroso groups, excluding NO2 is 1. The summed E-state index contributed by atoms with van der Waals surface area (Å²) < 4.78 is 6.88. The van der Waals surface area contributed by atoms with Gasteiger partial charge >= 0.3 is 0 Å². The molecule has 0 saturated heterocycles. The fraction of sp³-hybridized carbons (Fsp3) is 0.222. The zero-order valence-electron chi connectivity index (χ0n) is 13.3. The van der Waals surface area contributed by atoms with Gasteiger partial charge in [0, 0.05) is 5.39 Å². The number of ether oxygens (including phenoxy) is 1. The van der Waals surface area contributed by atoms with Crippen LogP contribution in [0, 0.1) is 18.8 Å². The van der Waals surface area contributed by atoms with E-state index in [0.717, 1.165) is 28.0 Å². The molecule has 0 atom stereocenters. The molecule has 3 rings (SSSR count). The molecule has 5 nitrogen and oxygen atoms in total. The Bertz CT molecular complexity index is 880. The Kier molecular flexibility index (Phi) is 3.78. The van der Waals surface area contributed by atoms with Crippen molar-refractivity contribution >= 4 is 16.6 Å². The maximum atomic E-state index is 11.2. The van der Waals surface area contributed by atoms with E-state index in [1.54, 1.807) is 11.7 Å². The molecular weight excluding hydrogens is 292 g/mol. The first-order chi connectivity index (χ1) is 11.0. The number of aromatic nitrogens is 1. The second kappa shape index (κ2) is 5.76. The van der Waals surface area contributed by atoms with Crippen molar-refractivity contribution in [1.82, 2.24) is 4.57 Å². The third-order valence-corrected chi connectivity index (χ3v) is 4.03. The van der Waals surface area contributed by atoms with E-state index in [4.69, 9.17) is 4.74 Å². The summed E-state index contributed by atoms with van der Waals surface area (Å²) in [6, 6.07) is 11.5. The molecule has 0 radical (unpaired) electrons. The molecule has 1 N–H and O–H groups in total. The van der Waals surface area contributed by atoms with Gasteiger partial charge in [-0.1, -0.05) is 23.8 Å². The van der Waals surface area contributed by atoms with Crippen molar-refractivity contribution in [2.24, 2.45) is 5.18 Å². The van der Waals surface area contributed by atoms with Crippen LogP contribution in [0.4, 0.5) is 5.69 Å². The van der Waals surface area contributed by atoms with Gasteiger partial charge in [-0.2, -0.15) is 0 Å². The molecule has 3 aromatic rings. The van der Waals surface area contributed by atoms with Crippen LogP contribution in [0.15, 0.2) is 41.6 Å². The first kappa shape index (κ1) is 15.1. The number of benzene rings is 2. The van der Waals surface area contributed by atoms with E-state index in [9.17, 15) is 10.0 Å². The largest absolute Gasteiger partial charge is 0.497 e. The van der Waals surface area contributed by atoms with Gasteiger partial charge in [-0.05, 0) is 48.4 Å². The molecule has 0 aliphatic rings. The average molecular weight is 310 g/mol. The van der Waals surface area contributed by atoms with Gasteiger partial charge < -0.3 is 14.4 Å². The van der Waals surface area contributed by atoms with Crippen LogP contribution in [-0.4, -0.2) is 16.8 Å². The van der Waals surface area contributed by atoms with Gasteiger partial charge in [0.15, 0.2) is 5.69 Å². The third-order valence-electron chi connectivity index (χ3n) is 4.03. The summed E-state index contributed by atoms with van der Waals surface area (Å²) in [5.41, 5.74) is 3.95. The monoisotopic (exact) mass is 310 g/mol. The van der Waals surface area contributed by atoms with Crippen LogP contribution < -0.4 is 4.74 Å². The Morgan fingerprint density at radius 2 is 1.87 bits per heavy atom. The molecule has 1 heterocycles. The van der Waals surface area contributed by atoms with Crippen LogP contribution in [-0.2, 0) is 6.54 Å². The van der Waals surface area contributed by atoms with Crippen molar-refractivity contribution in [3.63, 3.8) is 0 Å². The van der Waals surface area contributed by atoms with Gasteiger partial charge in [-0.15, -0.1) is 4.91 Å². The van der Waals surface area contributed by atoms with Gasteiger partial charge in [0.05, 0.1) is 19.2 Å². The molecule has 0 amide bonds. The fourth-order valence-electron chi connectivity index (χ4n) is 3.01. The number of nitrogens with zero attached hydrogens (tertiary/aromatic N) is 2. The van der Waals surface area contributed by atoms with E-state index >= 15 is 0 Å². The molecule has 2 aromatic carbocycles. The number of aryl methyl sites for hydroxylation is 2. The number of aromatic hydroxyl groups is 1. The highest BCUT2D eigenvalue weighted by Crippen LogP contribution is 2.40. The highest BCUT2D eigenvalue weighted by atomic mass is 16.5. The maximum absolute atomic E-state index is 11.2. The summed E-state index contributed by atoms with van der Waals surface area (Å²) in [4.78, 5) is 11.2. The van der Waals surface area contributed by atoms with Crippen LogP contribution >= 0.6 is 0 Å². The summed E-state index contributed by atoms with van der Waals surface area (Å²) in [5.74, 6) is 0.678. The molecule has 0 aliphatic heterocycles. The lowest BCUT2D eigenvalue weighted by molar-refractivity contribution is 0.414. The van der Waals surface area contributed by atoms with Crippen LogP contribution in [0.1, 0.15) is 16.7 Å². The zero-order valence-corrected chi connectivity index (χ0v) is 13.3. The molecule has 118 valence electrons. The molecule has 0 unspecified atom stereocenters. The minimum Gasteiger partial charge on any atom is -0.497 e. The van der Waals surface area contributed by atoms with E-state index in [0.29, 0.717) is 11.9 Å². The highest BCUT2D eigenvalue weighted by molar-refractivity contribution is 5.97. The lowest BCUT2D eigenvalue weighted by atomic mass is 10.1. The fourth-order valence-corrected chi connectivity index (χ4v) is 3.01. The quantitative estimate of drug-likeness (QED) is 0.726. The van der Waals surface area contributed by atoms with Gasteiger partial charge in [-0.25, -0.2) is 0 Å². The zero-order chi connectivity index (χ0) is 16.6. The smallest absolute Gasteiger partial charge is 0.222 e. The molecule has 1 aromatic heterocycles. The molecule has 5 heteroatoms. The van der Waals surface area contributed by atoms with Crippen molar-refractivity contribution in [1.29, 1.82) is 0 Å². The summed E-state index contributed by atoms with van der Waals surface area (Å²) in [6.45, 7) is 4.37. The topological polar surface area (TPSA) is 63.8 Å². The Balaban J connectivity index is 2.16. The van der Waals surface area contributed by atoms with Crippen LogP contribution in [0.5, 0.6) is 11.6 Å². The molecule has 23 heavy (non-hydrogen) atoms. The summed E-state index contributed by atoms with van der Waals surface area (Å²) >= 11 is 0. The van der Waals surface area contributed by atoms with Crippen molar-refractivity contribution < 1.29 is 9.84 Å². The highest BCUT2D eigenvalue weighted by Gasteiger charge is 2.19. The molecule has 0 bridgehead atoms. The molecule has 0 aliphatic carbocycles. The number of hydrogen-bond acceptors (Lipinski definition) is 4. The Labute approximate surface area is 134 Å². The number of methoxy groups -OCH3 is 1. The number of hydrogen-bond donors (Lipinski definition) is 1. The first-order valence-corrected chi connectivity index (χ1v) is 7.34. The van der Waals surface area contributed by atoms with Crippen molar-refractivity contribution in [3.05, 3.63) is 58.0 Å². The second-order valence-corrected chi connectivity index (χ2v) is 5.68. The van der Waals surface area contributed by atoms with E-state index in [1.165, 1.54) is 0 Å². The van der Waals surface area contributed by atoms with E-state index < -0.39 is 0 Å². The van der Waals surface area contributed by atoms with Gasteiger partial charge in [0.2, 0.25) is 5.88 Å². The average Bonchev–Trinajstić information content (AvgIpc) is 2.79. The Morgan fingerprint density at radius 1 is 1.17 bits per heavy atom. The van der Waals surface area contributed by atoms with Gasteiger partial charge in [0.25, 0.3) is 0 Å². The van der Waals surface area contributed by atoms with E-state index in [-0.39, 0.29) is 11.6 Å². The number of rotatable bonds is 4. The predicted molar refractivity (Wildman–Crippen MR) is 90.6 cm³/mol. The Morgan fingerprint density at radius 3 is 2.48 bits per heavy atom. The third kappa shape index (κ3) is 2.54. The minimum atomic E-state index is -0.0977. The standard InChI is InChI=1S/C18H18N2O3/c1-11-8-12(2)17-15(9-11)16(19-22)18(21)20(17)10-13-4-6-14(23-3)7-5-13/h4-9,21H,10H2,1-3H3. The Hall–Kier alpha value is -2.82.